The highest BCUT2D eigenvalue weighted by Crippen LogP contribution is 2.39. The molecule has 1 fully saturated rings. The number of aryl methyl sites for hydroxylation is 2. The number of nitrogens with zero attached hydrogens (tertiary/aromatic N) is 15. The number of amidine groups is 6. The van der Waals surface area contributed by atoms with Crippen LogP contribution >= 0.6 is 58.0 Å². The summed E-state index contributed by atoms with van der Waals surface area (Å²) in [4.78, 5) is 105. The minimum atomic E-state index is -0.454. The van der Waals surface area contributed by atoms with Crippen LogP contribution in [-0.2, 0) is 33.6 Å². The van der Waals surface area contributed by atoms with Crippen LogP contribution in [0.15, 0.2) is 296 Å². The molecule has 6 aliphatic heterocycles. The Hall–Kier alpha value is -14.9. The number of rotatable bonds is 15. The van der Waals surface area contributed by atoms with E-state index in [2.05, 4.69) is 96.3 Å². The molecule has 0 unspecified atom stereocenters. The molecule has 35 heteroatoms. The van der Waals surface area contributed by atoms with Crippen LogP contribution in [0.1, 0.15) is 74.9 Å². The lowest BCUT2D eigenvalue weighted by atomic mass is 10.1. The molecule has 1 saturated heterocycles. The number of methoxy groups -OCH3 is 1. The number of hydrazine groups is 1. The van der Waals surface area contributed by atoms with Crippen molar-refractivity contribution in [1.82, 2.24) is 21.0 Å². The van der Waals surface area contributed by atoms with Crippen molar-refractivity contribution in [2.45, 2.75) is 67.2 Å². The van der Waals surface area contributed by atoms with E-state index in [4.69, 9.17) is 78.8 Å². The minimum absolute atomic E-state index is 0.0459. The van der Waals surface area contributed by atoms with Crippen molar-refractivity contribution in [2.24, 2.45) is 35.5 Å². The lowest BCUT2D eigenvalue weighted by molar-refractivity contribution is -0.122. The normalized spacial score (nSPS) is 15.0. The molecule has 6 heterocycles. The van der Waals surface area contributed by atoms with Crippen molar-refractivity contribution >= 4 is 203 Å². The number of unbranched alkanes of at least 4 members (excludes halogenated alkanes) is 1. The average molecular weight is 1790 g/mol. The Labute approximate surface area is 752 Å². The minimum Gasteiger partial charge on any atom is -0.495 e. The molecule has 8 aromatic rings. The zero-order chi connectivity index (χ0) is 92.1. The number of amides is 8. The summed E-state index contributed by atoms with van der Waals surface area (Å²) in [6.45, 7) is 33.4. The molecule has 0 aliphatic carbocycles. The number of ether oxygens (including phenoxy) is 1. The summed E-state index contributed by atoms with van der Waals surface area (Å²) in [5.74, 6) is -0.678. The number of anilines is 7. The standard InChI is InChI=1S/C20H18N4O3.C16H9Cl4N3O.C15H17N3O2.C14H15ClN4O2.C13H12N4.C13H13N3O/c1-3-17(25)21-15-9-7-8-14(12-15)19(26)22-18-13(2)20(27)24(23-18)16-10-5-4-6-11-16;1-8-15(21-13-5-3-2-4-10(13)18)22-23(16(8)24)14-11(19)6-9(17)7-12(14)20;1-3-4-10-13(19)16-14-11(2)15(20)18(17-14)12-8-6-5-7-9-12;1-8-12(14(20)18(2)3)17-19(13(8)16)9-5-6-10(15)11(7-9)21-4;1-8-4-5-9(2)12(6-8)17-13(15)10(3)11(7-14)16-17;1-9-10(2)15-16(13(9)14-11(3)17)12-7-5-4-6-8-12/h4-12H,2-3H2,1H3,(H,21,25)(H,22,23,26);2-7H,1H2,(H,21,22);5-9H,2-4,10H2,1H3,(H,16,17,19);5-7,16H,1H2,2-4H3;4-6,15H,3H2,1-2H3;4-8H,1H2,2-3H3. The molecule has 0 aromatic heterocycles. The SMILES string of the molecule is C=C1C(=N)N(c2cc(C)ccc2C)N=C1C#N.C=C1C(=N)N(c2ccc(Cl)c(OC)c2)N=C1C(=O)N(C)C.C=C1C(=O)N(c2c(Cl)cc(Cl)cc2Cl)NC1=Nc1ccccc1Cl.C=C1C(=O)N(c2ccccc2)N=C1NC(=O)CCCC.C=C1C(=O)N(c2ccccc2)N=C1NC(=O)c1cccc(NC(=O)CC)c1.C=C1C(C)=NN(c2ccccc2)C1=NC(C)=O. The van der Waals surface area contributed by atoms with Crippen molar-refractivity contribution < 1.29 is 43.1 Å². The molecule has 0 radical (unpaired) electrons. The molecule has 0 saturated carbocycles. The lowest BCUT2D eigenvalue weighted by Crippen LogP contribution is -2.36. The first kappa shape index (κ1) is 95.0. The molecule has 8 amide bonds. The molecule has 6 N–H and O–H groups in total. The number of benzene rings is 8. The summed E-state index contributed by atoms with van der Waals surface area (Å²) in [6.07, 6.45) is 2.50. The van der Waals surface area contributed by atoms with Gasteiger partial charge in [-0.05, 0) is 135 Å². The van der Waals surface area contributed by atoms with Gasteiger partial charge in [-0.1, -0.05) is 203 Å². The fourth-order valence-corrected chi connectivity index (χ4v) is 12.8. The fourth-order valence-electron chi connectivity index (χ4n) is 11.4. The van der Waals surface area contributed by atoms with Crippen LogP contribution in [0, 0.1) is 36.0 Å². The van der Waals surface area contributed by atoms with Gasteiger partial charge in [-0.15, -0.1) is 10.2 Å². The van der Waals surface area contributed by atoms with Gasteiger partial charge >= 0.3 is 0 Å². The van der Waals surface area contributed by atoms with E-state index in [1.807, 2.05) is 107 Å². The topological polar surface area (TPSA) is 375 Å². The van der Waals surface area contributed by atoms with E-state index < -0.39 is 17.7 Å². The number of para-hydroxylation sites is 4. The third-order valence-corrected chi connectivity index (χ3v) is 19.6. The predicted octanol–water partition coefficient (Wildman–Crippen LogP) is 17.4. The van der Waals surface area contributed by atoms with Crippen molar-refractivity contribution in [2.75, 3.05) is 56.6 Å². The summed E-state index contributed by atoms with van der Waals surface area (Å²) < 4.78 is 5.14. The van der Waals surface area contributed by atoms with Gasteiger partial charge in [0.05, 0.1) is 83.8 Å². The highest BCUT2D eigenvalue weighted by Gasteiger charge is 2.37. The van der Waals surface area contributed by atoms with E-state index in [-0.39, 0.29) is 108 Å². The number of halogens is 5. The van der Waals surface area contributed by atoms with Gasteiger partial charge in [-0.25, -0.2) is 25.0 Å². The largest absolute Gasteiger partial charge is 0.495 e. The highest BCUT2D eigenvalue weighted by atomic mass is 35.5. The summed E-state index contributed by atoms with van der Waals surface area (Å²) in [7, 11) is 4.74. The first-order chi connectivity index (χ1) is 60.0. The van der Waals surface area contributed by atoms with Gasteiger partial charge in [-0.2, -0.15) is 35.6 Å². The Morgan fingerprint density at radius 3 is 1.66 bits per heavy atom. The first-order valence-corrected chi connectivity index (χ1v) is 40.1. The smallest absolute Gasteiger partial charge is 0.281 e. The van der Waals surface area contributed by atoms with Crippen molar-refractivity contribution in [3.05, 3.63) is 303 Å². The third kappa shape index (κ3) is 23.3. The molecule has 642 valence electrons. The van der Waals surface area contributed by atoms with Crippen LogP contribution in [0.3, 0.4) is 0 Å². The van der Waals surface area contributed by atoms with Gasteiger partial charge in [0, 0.05) is 72.9 Å². The summed E-state index contributed by atoms with van der Waals surface area (Å²) in [5, 5.41) is 63.5. The summed E-state index contributed by atoms with van der Waals surface area (Å²) in [5.41, 5.74) is 13.0. The van der Waals surface area contributed by atoms with Gasteiger partial charge in [-0.3, -0.25) is 54.6 Å². The van der Waals surface area contributed by atoms with Gasteiger partial charge in [0.1, 0.15) is 17.5 Å². The van der Waals surface area contributed by atoms with E-state index in [9.17, 15) is 38.4 Å². The number of nitriles is 1. The molecular weight excluding hydrogens is 1710 g/mol. The molecular formula is C91H84Cl5N21O9. The second-order valence-corrected chi connectivity index (χ2v) is 29.6. The monoisotopic (exact) mass is 1790 g/mol. The van der Waals surface area contributed by atoms with Crippen LogP contribution in [0.5, 0.6) is 5.75 Å². The molecule has 14 rings (SSSR count). The maximum atomic E-state index is 12.5. The molecule has 6 aliphatic rings. The van der Waals surface area contributed by atoms with Crippen molar-refractivity contribution in [3.8, 4) is 11.8 Å². The molecule has 0 bridgehead atoms. The second kappa shape index (κ2) is 43.3. The van der Waals surface area contributed by atoms with Crippen LogP contribution in [0.2, 0.25) is 25.1 Å². The number of carbonyl (C=O) groups excluding carboxylic acids is 8. The Balaban J connectivity index is 0.000000172. The summed E-state index contributed by atoms with van der Waals surface area (Å²) >= 11 is 30.3. The van der Waals surface area contributed by atoms with Crippen molar-refractivity contribution in [1.29, 1.82) is 16.1 Å². The maximum Gasteiger partial charge on any atom is 0.281 e. The van der Waals surface area contributed by atoms with Gasteiger partial charge in [0.15, 0.2) is 46.4 Å². The highest BCUT2D eigenvalue weighted by molar-refractivity contribution is 6.54. The molecule has 126 heavy (non-hydrogen) atoms. The van der Waals surface area contributed by atoms with Gasteiger partial charge < -0.3 is 25.6 Å². The van der Waals surface area contributed by atoms with Crippen LogP contribution in [0.4, 0.5) is 45.5 Å². The number of nitrogens with one attached hydrogen (secondary N) is 6. The second-order valence-electron chi connectivity index (χ2n) is 27.6. The number of carbonyl (C=O) groups is 8. The Morgan fingerprint density at radius 1 is 0.556 bits per heavy atom. The van der Waals surface area contributed by atoms with Crippen molar-refractivity contribution in [3.63, 3.8) is 0 Å². The van der Waals surface area contributed by atoms with E-state index in [1.54, 1.807) is 129 Å². The quantitative estimate of drug-likeness (QED) is 0.0520. The average Bonchev–Trinajstić information content (AvgIpc) is 1.60. The number of hydrogen-bond acceptors (Lipinski definition) is 18. The fraction of sp³-hybridized carbons (Fsp3) is 0.143. The number of aliphatic imine (C=N–C) groups is 2. The first-order valence-electron chi connectivity index (χ1n) is 38.2. The van der Waals surface area contributed by atoms with E-state index in [0.717, 1.165) is 41.1 Å². The molecule has 0 spiro atoms. The lowest BCUT2D eigenvalue weighted by Gasteiger charge is -2.18. The van der Waals surface area contributed by atoms with E-state index in [0.29, 0.717) is 84.6 Å². The zero-order valence-corrected chi connectivity index (χ0v) is 73.5. The molecule has 0 atom stereocenters. The Bertz CT molecular complexity index is 6050. The molecule has 30 nitrogen and oxygen atoms in total. The van der Waals surface area contributed by atoms with Crippen LogP contribution in [0.25, 0.3) is 0 Å². The van der Waals surface area contributed by atoms with Gasteiger partial charge in [0.25, 0.3) is 29.5 Å². The van der Waals surface area contributed by atoms with E-state index >= 15 is 0 Å². The van der Waals surface area contributed by atoms with Crippen LogP contribution in [-0.4, -0.2) is 126 Å². The summed E-state index contributed by atoms with van der Waals surface area (Å²) in [6, 6.07) is 56.8. The zero-order valence-electron chi connectivity index (χ0n) is 69.7. The Kier molecular flexibility index (Phi) is 32.6. The Morgan fingerprint density at radius 2 is 1.12 bits per heavy atom. The predicted molar refractivity (Wildman–Crippen MR) is 502 cm³/mol. The molecule has 8 aromatic carbocycles. The van der Waals surface area contributed by atoms with Crippen LogP contribution < -0.4 is 56.2 Å². The number of hydrazone groups is 5. The third-order valence-electron chi connectivity index (χ3n) is 18.2. The maximum absolute atomic E-state index is 12.5. The van der Waals surface area contributed by atoms with E-state index in [1.165, 1.54) is 56.1 Å². The van der Waals surface area contributed by atoms with Gasteiger partial charge in [0.2, 0.25) is 17.7 Å². The number of hydrogen-bond donors (Lipinski definition) is 6.